The highest BCUT2D eigenvalue weighted by Gasteiger charge is 2.49. The Morgan fingerprint density at radius 3 is 2.34 bits per heavy atom. The molecular weight excluding hydrogens is 574 g/mol. The van der Waals surface area contributed by atoms with Crippen LogP contribution >= 0.6 is 16.1 Å². The van der Waals surface area contributed by atoms with Crippen molar-refractivity contribution in [2.45, 2.75) is 104 Å². The van der Waals surface area contributed by atoms with E-state index in [1.54, 1.807) is 13.8 Å². The highest BCUT2D eigenvalue weighted by molar-refractivity contribution is 7.53. The molecule has 0 bridgehead atoms. The fourth-order valence-corrected chi connectivity index (χ4v) is 8.28. The Balaban J connectivity index is 2.36. The molecule has 3 unspecified atom stereocenters. The van der Waals surface area contributed by atoms with Crippen molar-refractivity contribution in [2.24, 2.45) is 0 Å². The minimum Gasteiger partial charge on any atom is -0.374 e. The molecule has 0 aliphatic carbocycles. The molecule has 1 aromatic rings. The van der Waals surface area contributed by atoms with Crippen LogP contribution in [0.1, 0.15) is 73.5 Å². The first-order valence-electron chi connectivity index (χ1n) is 14.1. The molecule has 234 valence electrons. The van der Waals surface area contributed by atoms with Gasteiger partial charge in [-0.3, -0.25) is 18.9 Å². The van der Waals surface area contributed by atoms with Gasteiger partial charge in [0.2, 0.25) is 0 Å². The molecule has 1 fully saturated rings. The Bertz CT molecular complexity index is 1110. The lowest BCUT2D eigenvalue weighted by molar-refractivity contribution is -0.0549. The van der Waals surface area contributed by atoms with Crippen LogP contribution in [0.2, 0.25) is 0 Å². The second-order valence-corrected chi connectivity index (χ2v) is 13.7. The predicted molar refractivity (Wildman–Crippen MR) is 156 cm³/mol. The molecule has 0 spiro atoms. The normalized spacial score (nSPS) is 22.1. The second-order valence-electron chi connectivity index (χ2n) is 10.1. The molecule has 0 aromatic carbocycles. The van der Waals surface area contributed by atoms with E-state index in [-0.39, 0.29) is 31.3 Å². The first-order chi connectivity index (χ1) is 19.5. The summed E-state index contributed by atoms with van der Waals surface area (Å²) in [5, 5.41) is 9.08. The Morgan fingerprint density at radius 1 is 1.15 bits per heavy atom. The van der Waals surface area contributed by atoms with Crippen LogP contribution in [0.25, 0.3) is 0 Å². The van der Waals surface area contributed by atoms with E-state index >= 15 is 0 Å². The summed E-state index contributed by atoms with van der Waals surface area (Å²) in [5.41, 5.74) is -1.15. The Labute approximate surface area is 243 Å². The molecule has 1 aliphatic rings. The summed E-state index contributed by atoms with van der Waals surface area (Å²) in [5.74, 6) is 0. The number of nitrogens with zero attached hydrogens (tertiary/aromatic N) is 3. The number of nitriles is 1. The lowest BCUT2D eigenvalue weighted by Gasteiger charge is -2.38. The summed E-state index contributed by atoms with van der Waals surface area (Å²) in [4.78, 5) is 26.7. The van der Waals surface area contributed by atoms with Gasteiger partial charge in [0.15, 0.2) is 6.23 Å². The van der Waals surface area contributed by atoms with Gasteiger partial charge in [-0.05, 0) is 54.4 Å². The molecule has 2 heterocycles. The minimum atomic E-state index is -3.18. The molecule has 1 aliphatic heterocycles. The molecule has 1 N–H and O–H groups in total. The monoisotopic (exact) mass is 620 g/mol. The molecule has 1 aromatic heterocycles. The summed E-state index contributed by atoms with van der Waals surface area (Å²) >= 11 is 0. The van der Waals surface area contributed by atoms with Gasteiger partial charge in [0, 0.05) is 31.5 Å². The van der Waals surface area contributed by atoms with Crippen LogP contribution in [0.15, 0.2) is 21.9 Å². The summed E-state index contributed by atoms with van der Waals surface area (Å²) in [6.07, 6.45) is 0.761. The molecule has 1 saturated heterocycles. The molecule has 5 atom stereocenters. The maximum atomic E-state index is 12.9. The van der Waals surface area contributed by atoms with Crippen LogP contribution in [0, 0.1) is 11.3 Å². The third-order valence-corrected chi connectivity index (χ3v) is 10.7. The molecule has 2 rings (SSSR count). The number of unbranched alkanes of at least 4 members (excludes halogenated alkanes) is 1. The highest BCUT2D eigenvalue weighted by Crippen LogP contribution is 2.51. The third kappa shape index (κ3) is 10.3. The lowest BCUT2D eigenvalue weighted by Crippen LogP contribution is -2.41. The SMILES string of the molecule is CCOP(=O)(CCCC[C@H]1O[C@@H](n2ccc(=O)[nH]c2=O)C(OC)C1OP(OCCC#N)N(C(C)C)C(C)C)OCC. The average molecular weight is 621 g/mol. The van der Waals surface area contributed by atoms with Gasteiger partial charge in [-0.1, -0.05) is 6.42 Å². The van der Waals surface area contributed by atoms with Gasteiger partial charge in [-0.15, -0.1) is 0 Å². The van der Waals surface area contributed by atoms with Crippen molar-refractivity contribution in [3.05, 3.63) is 33.1 Å². The standard InChI is InChI=1S/C26H46N4O9P2/c1-8-36-41(33,37-9-2)18-11-10-13-21-23(39-40(35-17-12-15-27)30(19(3)4)20(5)6)24(34-7)25(38-21)29-16-14-22(31)28-26(29)32/h14,16,19-21,23-25H,8-13,17-18H2,1-7H3,(H,28,31,32)/t21-,23?,24?,25-,40?/m1/s1. The van der Waals surface area contributed by atoms with E-state index in [0.29, 0.717) is 32.5 Å². The fraction of sp³-hybridized carbons (Fsp3) is 0.808. The molecule has 41 heavy (non-hydrogen) atoms. The quantitative estimate of drug-likeness (QED) is 0.171. The number of ether oxygens (including phenoxy) is 2. The minimum absolute atomic E-state index is 0.0776. The van der Waals surface area contributed by atoms with Gasteiger partial charge in [-0.25, -0.2) is 9.46 Å². The van der Waals surface area contributed by atoms with E-state index in [4.69, 9.17) is 32.8 Å². The average Bonchev–Trinajstić information content (AvgIpc) is 3.23. The number of rotatable bonds is 19. The van der Waals surface area contributed by atoms with Crippen molar-refractivity contribution >= 4 is 16.1 Å². The van der Waals surface area contributed by atoms with Gasteiger partial charge in [-0.2, -0.15) is 5.26 Å². The summed E-state index contributed by atoms with van der Waals surface area (Å²) in [7, 11) is -3.31. The number of aromatic amines is 1. The predicted octanol–water partition coefficient (Wildman–Crippen LogP) is 4.55. The van der Waals surface area contributed by atoms with Crippen molar-refractivity contribution in [2.75, 3.05) is 33.1 Å². The van der Waals surface area contributed by atoms with Crippen LogP contribution in [0.3, 0.4) is 0 Å². The van der Waals surface area contributed by atoms with E-state index in [2.05, 4.69) is 15.7 Å². The van der Waals surface area contributed by atoms with Crippen molar-refractivity contribution in [1.29, 1.82) is 5.26 Å². The van der Waals surface area contributed by atoms with E-state index < -0.39 is 51.9 Å². The second kappa shape index (κ2) is 17.6. The smallest absolute Gasteiger partial charge is 0.330 e. The molecule has 13 nitrogen and oxygen atoms in total. The van der Waals surface area contributed by atoms with Gasteiger partial charge in [0.05, 0.1) is 44.6 Å². The molecule has 0 radical (unpaired) electrons. The van der Waals surface area contributed by atoms with Crippen molar-refractivity contribution < 1.29 is 32.1 Å². The Morgan fingerprint density at radius 2 is 1.80 bits per heavy atom. The van der Waals surface area contributed by atoms with E-state index in [1.807, 2.05) is 27.7 Å². The first-order valence-corrected chi connectivity index (χ1v) is 17.0. The highest BCUT2D eigenvalue weighted by atomic mass is 31.2. The summed E-state index contributed by atoms with van der Waals surface area (Å²) < 4.78 is 52.2. The zero-order valence-electron chi connectivity index (χ0n) is 25.2. The molecule has 0 amide bonds. The van der Waals surface area contributed by atoms with Gasteiger partial charge in [0.25, 0.3) is 14.1 Å². The molecular formula is C26H46N4O9P2. The third-order valence-electron chi connectivity index (χ3n) is 6.38. The molecule has 0 saturated carbocycles. The lowest BCUT2D eigenvalue weighted by atomic mass is 10.1. The zero-order valence-corrected chi connectivity index (χ0v) is 27.0. The van der Waals surface area contributed by atoms with Crippen molar-refractivity contribution in [3.63, 3.8) is 0 Å². The fourth-order valence-electron chi connectivity index (χ4n) is 4.78. The summed E-state index contributed by atoms with van der Waals surface area (Å²) in [6, 6.07) is 3.50. The largest absolute Gasteiger partial charge is 0.374 e. The zero-order chi connectivity index (χ0) is 30.6. The van der Waals surface area contributed by atoms with Crippen molar-refractivity contribution in [3.8, 4) is 6.07 Å². The van der Waals surface area contributed by atoms with Gasteiger partial charge >= 0.3 is 13.3 Å². The first kappa shape index (κ1) is 35.7. The number of methoxy groups -OCH3 is 1. The number of hydrogen-bond acceptors (Lipinski definition) is 11. The van der Waals surface area contributed by atoms with Gasteiger partial charge < -0.3 is 27.6 Å². The topological polar surface area (TPSA) is 154 Å². The van der Waals surface area contributed by atoms with E-state index in [9.17, 15) is 14.2 Å². The summed E-state index contributed by atoms with van der Waals surface area (Å²) in [6.45, 7) is 12.5. The van der Waals surface area contributed by atoms with Crippen LogP contribution in [0.4, 0.5) is 0 Å². The van der Waals surface area contributed by atoms with Crippen LogP contribution < -0.4 is 11.2 Å². The van der Waals surface area contributed by atoms with Crippen LogP contribution in [0.5, 0.6) is 0 Å². The van der Waals surface area contributed by atoms with Crippen LogP contribution in [-0.4, -0.2) is 77.7 Å². The van der Waals surface area contributed by atoms with Gasteiger partial charge in [0.1, 0.15) is 12.2 Å². The van der Waals surface area contributed by atoms with Crippen LogP contribution in [-0.2, 0) is 32.1 Å². The van der Waals surface area contributed by atoms with E-state index in [1.165, 1.54) is 23.9 Å². The number of aromatic nitrogens is 2. The number of hydrogen-bond donors (Lipinski definition) is 1. The maximum Gasteiger partial charge on any atom is 0.330 e. The molecule has 15 heteroatoms. The maximum absolute atomic E-state index is 12.9. The van der Waals surface area contributed by atoms with E-state index in [0.717, 1.165) is 0 Å². The Kier molecular flexibility index (Phi) is 15.4. The van der Waals surface area contributed by atoms with Crippen molar-refractivity contribution in [1.82, 2.24) is 14.2 Å². The number of nitrogens with one attached hydrogen (secondary N) is 1. The number of H-pyrrole nitrogens is 1. The Hall–Kier alpha value is -1.45.